The molecule has 0 aliphatic carbocycles. The first kappa shape index (κ1) is 18.6. The Morgan fingerprint density at radius 3 is 2.81 bits per heavy atom. The Morgan fingerprint density at radius 2 is 2.00 bits per heavy atom. The van der Waals surface area contributed by atoms with E-state index in [0.717, 1.165) is 38.8 Å². The van der Waals surface area contributed by atoms with E-state index in [-0.39, 0.29) is 5.91 Å². The lowest BCUT2D eigenvalue weighted by Gasteiger charge is -2.07. The van der Waals surface area contributed by atoms with Crippen molar-refractivity contribution in [3.63, 3.8) is 0 Å². The topological polar surface area (TPSA) is 110 Å². The molecule has 0 spiro atoms. The van der Waals surface area contributed by atoms with E-state index in [1.807, 2.05) is 48.5 Å². The number of nitriles is 1. The van der Waals surface area contributed by atoms with Gasteiger partial charge in [0, 0.05) is 46.5 Å². The molecule has 0 aliphatic rings. The van der Waals surface area contributed by atoms with Crippen LogP contribution in [0.4, 0.5) is 0 Å². The molecule has 5 aromatic rings. The Balaban J connectivity index is 1.23. The standard InChI is InChI=1S/C24H18N6O/c25-11-19-13-28-21-6-1-15(9-20(19)21)7-8-27-24(31)17-4-2-16(3-5-17)22-10-18-12-26-14-29-23(18)30-22/h1-6,9-10,12-14,28H,7-8H2,(H,27,31)(H,26,29,30). The second-order valence-electron chi connectivity index (χ2n) is 7.29. The summed E-state index contributed by atoms with van der Waals surface area (Å²) in [5.74, 6) is -0.116. The third kappa shape index (κ3) is 3.63. The molecule has 5 rings (SSSR count). The van der Waals surface area contributed by atoms with Crippen LogP contribution < -0.4 is 5.32 Å². The normalized spacial score (nSPS) is 10.9. The predicted molar refractivity (Wildman–Crippen MR) is 118 cm³/mol. The molecule has 7 heteroatoms. The van der Waals surface area contributed by atoms with Gasteiger partial charge in [0.15, 0.2) is 0 Å². The van der Waals surface area contributed by atoms with Gasteiger partial charge in [-0.15, -0.1) is 0 Å². The number of amides is 1. The Labute approximate surface area is 177 Å². The number of rotatable bonds is 5. The summed E-state index contributed by atoms with van der Waals surface area (Å²) in [6.07, 6.45) is 5.67. The van der Waals surface area contributed by atoms with Crippen molar-refractivity contribution >= 4 is 27.8 Å². The Morgan fingerprint density at radius 1 is 1.13 bits per heavy atom. The summed E-state index contributed by atoms with van der Waals surface area (Å²) >= 11 is 0. The molecule has 1 amide bonds. The van der Waals surface area contributed by atoms with Crippen molar-refractivity contribution in [1.29, 1.82) is 5.26 Å². The van der Waals surface area contributed by atoms with E-state index in [0.29, 0.717) is 24.1 Å². The van der Waals surface area contributed by atoms with Gasteiger partial charge in [0.2, 0.25) is 0 Å². The van der Waals surface area contributed by atoms with Crippen molar-refractivity contribution in [2.45, 2.75) is 6.42 Å². The molecule has 150 valence electrons. The van der Waals surface area contributed by atoms with Crippen molar-refractivity contribution in [2.24, 2.45) is 0 Å². The molecule has 0 saturated heterocycles. The maximum absolute atomic E-state index is 12.5. The maximum Gasteiger partial charge on any atom is 0.251 e. The summed E-state index contributed by atoms with van der Waals surface area (Å²) in [6, 6.07) is 17.6. The van der Waals surface area contributed by atoms with Crippen LogP contribution in [-0.2, 0) is 6.42 Å². The van der Waals surface area contributed by atoms with Gasteiger partial charge in [0.25, 0.3) is 5.91 Å². The molecule has 0 unspecified atom stereocenters. The SMILES string of the molecule is N#Cc1c[nH]c2ccc(CCNC(=O)c3ccc(-c4cc5cncnc5[nH]4)cc3)cc12. The lowest BCUT2D eigenvalue weighted by atomic mass is 10.1. The smallest absolute Gasteiger partial charge is 0.251 e. The second-order valence-corrected chi connectivity index (χ2v) is 7.29. The van der Waals surface area contributed by atoms with E-state index in [4.69, 9.17) is 0 Å². The summed E-state index contributed by atoms with van der Waals surface area (Å²) < 4.78 is 0. The minimum Gasteiger partial charge on any atom is -0.360 e. The van der Waals surface area contributed by atoms with E-state index in [1.165, 1.54) is 6.33 Å². The van der Waals surface area contributed by atoms with Crippen LogP contribution in [-0.4, -0.2) is 32.4 Å². The van der Waals surface area contributed by atoms with Gasteiger partial charge < -0.3 is 15.3 Å². The van der Waals surface area contributed by atoms with Gasteiger partial charge >= 0.3 is 0 Å². The minimum atomic E-state index is -0.116. The fraction of sp³-hybridized carbons (Fsp3) is 0.0833. The quantitative estimate of drug-likeness (QED) is 0.410. The summed E-state index contributed by atoms with van der Waals surface area (Å²) in [7, 11) is 0. The largest absolute Gasteiger partial charge is 0.360 e. The van der Waals surface area contributed by atoms with Gasteiger partial charge in [-0.1, -0.05) is 18.2 Å². The van der Waals surface area contributed by atoms with Gasteiger partial charge in [0.1, 0.15) is 18.0 Å². The van der Waals surface area contributed by atoms with E-state index < -0.39 is 0 Å². The average Bonchev–Trinajstić information content (AvgIpc) is 3.42. The number of hydrogen-bond acceptors (Lipinski definition) is 4. The molecule has 31 heavy (non-hydrogen) atoms. The third-order valence-corrected chi connectivity index (χ3v) is 5.32. The zero-order valence-corrected chi connectivity index (χ0v) is 16.5. The van der Waals surface area contributed by atoms with Gasteiger partial charge in [-0.05, 0) is 47.9 Å². The lowest BCUT2D eigenvalue weighted by Crippen LogP contribution is -2.25. The van der Waals surface area contributed by atoms with Crippen molar-refractivity contribution in [3.05, 3.63) is 83.9 Å². The average molecular weight is 406 g/mol. The van der Waals surface area contributed by atoms with Crippen LogP contribution in [0.5, 0.6) is 0 Å². The zero-order chi connectivity index (χ0) is 21.2. The van der Waals surface area contributed by atoms with Crippen molar-refractivity contribution in [1.82, 2.24) is 25.3 Å². The van der Waals surface area contributed by atoms with Gasteiger partial charge in [0.05, 0.1) is 5.56 Å². The minimum absolute atomic E-state index is 0.116. The molecule has 0 atom stereocenters. The second kappa shape index (κ2) is 7.76. The van der Waals surface area contributed by atoms with Crippen molar-refractivity contribution in [3.8, 4) is 17.3 Å². The number of aromatic nitrogens is 4. The molecule has 0 radical (unpaired) electrons. The van der Waals surface area contributed by atoms with Crippen LogP contribution in [0.2, 0.25) is 0 Å². The van der Waals surface area contributed by atoms with Crippen LogP contribution in [0.25, 0.3) is 33.2 Å². The lowest BCUT2D eigenvalue weighted by molar-refractivity contribution is 0.0954. The summed E-state index contributed by atoms with van der Waals surface area (Å²) in [4.78, 5) is 27.1. The molecule has 3 N–H and O–H groups in total. The Hall–Kier alpha value is -4.44. The molecule has 7 nitrogen and oxygen atoms in total. The molecule has 0 saturated carbocycles. The van der Waals surface area contributed by atoms with E-state index in [9.17, 15) is 10.1 Å². The molecule has 0 aliphatic heterocycles. The van der Waals surface area contributed by atoms with Crippen molar-refractivity contribution < 1.29 is 4.79 Å². The summed E-state index contributed by atoms with van der Waals surface area (Å²) in [6.45, 7) is 0.513. The molecule has 2 aromatic carbocycles. The fourth-order valence-electron chi connectivity index (χ4n) is 3.66. The fourth-order valence-corrected chi connectivity index (χ4v) is 3.66. The highest BCUT2D eigenvalue weighted by molar-refractivity contribution is 5.95. The number of fused-ring (bicyclic) bond motifs is 2. The number of nitrogens with zero attached hydrogens (tertiary/aromatic N) is 3. The van der Waals surface area contributed by atoms with Crippen LogP contribution in [0.1, 0.15) is 21.5 Å². The monoisotopic (exact) mass is 406 g/mol. The Bertz CT molecular complexity index is 1410. The van der Waals surface area contributed by atoms with E-state index >= 15 is 0 Å². The molecule has 3 aromatic heterocycles. The number of benzene rings is 2. The molecular formula is C24H18N6O. The highest BCUT2D eigenvalue weighted by Crippen LogP contribution is 2.23. The number of H-pyrrole nitrogens is 2. The summed E-state index contributed by atoms with van der Waals surface area (Å²) in [5, 5.41) is 14.0. The first-order valence-electron chi connectivity index (χ1n) is 9.89. The first-order valence-corrected chi connectivity index (χ1v) is 9.89. The number of aromatic amines is 2. The van der Waals surface area contributed by atoms with Crippen LogP contribution in [0.3, 0.4) is 0 Å². The molecule has 0 bridgehead atoms. The number of carbonyl (C=O) groups excluding carboxylic acids is 1. The van der Waals surface area contributed by atoms with E-state index in [2.05, 4.69) is 31.3 Å². The van der Waals surface area contributed by atoms with Crippen molar-refractivity contribution in [2.75, 3.05) is 6.54 Å². The van der Waals surface area contributed by atoms with Crippen LogP contribution in [0, 0.1) is 11.3 Å². The highest BCUT2D eigenvalue weighted by Gasteiger charge is 2.09. The third-order valence-electron chi connectivity index (χ3n) is 5.32. The van der Waals surface area contributed by atoms with Gasteiger partial charge in [-0.25, -0.2) is 9.97 Å². The maximum atomic E-state index is 12.5. The Kier molecular flexibility index (Phi) is 4.65. The molecule has 0 fully saturated rings. The van der Waals surface area contributed by atoms with Crippen LogP contribution in [0.15, 0.2) is 67.3 Å². The highest BCUT2D eigenvalue weighted by atomic mass is 16.1. The zero-order valence-electron chi connectivity index (χ0n) is 16.5. The first-order chi connectivity index (χ1) is 15.2. The number of nitrogens with one attached hydrogen (secondary N) is 3. The van der Waals surface area contributed by atoms with Crippen LogP contribution >= 0.6 is 0 Å². The molecular weight excluding hydrogens is 388 g/mol. The predicted octanol–water partition coefficient (Wildman–Crippen LogP) is 3.95. The summed E-state index contributed by atoms with van der Waals surface area (Å²) in [5.41, 5.74) is 5.93. The van der Waals surface area contributed by atoms with E-state index in [1.54, 1.807) is 12.4 Å². The number of hydrogen-bond donors (Lipinski definition) is 3. The van der Waals surface area contributed by atoms with Gasteiger partial charge in [-0.2, -0.15) is 5.26 Å². The number of carbonyl (C=O) groups is 1. The van der Waals surface area contributed by atoms with Gasteiger partial charge in [-0.3, -0.25) is 4.79 Å². The molecule has 3 heterocycles.